The van der Waals surface area contributed by atoms with E-state index in [1.54, 1.807) is 15.6 Å². The molecule has 1 aromatic heterocycles. The Morgan fingerprint density at radius 2 is 2.17 bits per heavy atom. The van der Waals surface area contributed by atoms with Crippen LogP contribution in [0, 0.1) is 6.92 Å². The van der Waals surface area contributed by atoms with Crippen LogP contribution < -0.4 is 5.32 Å². The number of aromatic nitrogens is 1. The molecule has 0 saturated carbocycles. The number of aryl methyl sites for hydroxylation is 1. The summed E-state index contributed by atoms with van der Waals surface area (Å²) >= 11 is 1.70. The summed E-state index contributed by atoms with van der Waals surface area (Å²) in [6.07, 6.45) is 4.94. The van der Waals surface area contributed by atoms with Gasteiger partial charge >= 0.3 is 0 Å². The van der Waals surface area contributed by atoms with E-state index in [2.05, 4.69) is 10.3 Å². The second kappa shape index (κ2) is 5.64. The van der Waals surface area contributed by atoms with Gasteiger partial charge in [-0.1, -0.05) is 0 Å². The molecule has 0 radical (unpaired) electrons. The van der Waals surface area contributed by atoms with Crippen molar-refractivity contribution in [3.05, 3.63) is 16.1 Å². The molecule has 1 N–H and O–H groups in total. The molecular formula is C11H19N3O2S2. The van der Waals surface area contributed by atoms with Gasteiger partial charge in [-0.05, 0) is 19.8 Å². The molecule has 0 bridgehead atoms. The molecule has 1 aliphatic heterocycles. The van der Waals surface area contributed by atoms with E-state index in [4.69, 9.17) is 0 Å². The van der Waals surface area contributed by atoms with Crippen LogP contribution in [0.15, 0.2) is 6.20 Å². The molecule has 1 aliphatic rings. The zero-order chi connectivity index (χ0) is 13.2. The summed E-state index contributed by atoms with van der Waals surface area (Å²) in [5.41, 5.74) is 0. The summed E-state index contributed by atoms with van der Waals surface area (Å²) in [6.45, 7) is 4.07. The smallest absolute Gasteiger partial charge is 0.211 e. The van der Waals surface area contributed by atoms with Crippen LogP contribution >= 0.6 is 11.3 Å². The van der Waals surface area contributed by atoms with Gasteiger partial charge in [-0.3, -0.25) is 0 Å². The molecule has 0 unspecified atom stereocenters. The summed E-state index contributed by atoms with van der Waals surface area (Å²) < 4.78 is 24.3. The molecule has 1 aromatic rings. The SMILES string of the molecule is Cc1ncc(CNC2CCN(S(C)(=O)=O)CC2)s1. The van der Waals surface area contributed by atoms with Crippen molar-refractivity contribution < 1.29 is 8.42 Å². The largest absolute Gasteiger partial charge is 0.309 e. The predicted octanol–water partition coefficient (Wildman–Crippen LogP) is 0.965. The van der Waals surface area contributed by atoms with Crippen molar-refractivity contribution in [2.24, 2.45) is 0 Å². The Hall–Kier alpha value is -0.500. The third kappa shape index (κ3) is 3.74. The molecule has 2 rings (SSSR count). The quantitative estimate of drug-likeness (QED) is 0.897. The highest BCUT2D eigenvalue weighted by Gasteiger charge is 2.24. The first-order valence-electron chi connectivity index (χ1n) is 6.05. The molecule has 2 heterocycles. The van der Waals surface area contributed by atoms with Crippen molar-refractivity contribution in [2.45, 2.75) is 32.4 Å². The molecule has 7 heteroatoms. The molecule has 5 nitrogen and oxygen atoms in total. The molecule has 18 heavy (non-hydrogen) atoms. The maximum atomic E-state index is 11.4. The van der Waals surface area contributed by atoms with E-state index in [0.29, 0.717) is 19.1 Å². The topological polar surface area (TPSA) is 62.3 Å². The van der Waals surface area contributed by atoms with Crippen LogP contribution in [-0.2, 0) is 16.6 Å². The lowest BCUT2D eigenvalue weighted by molar-refractivity contribution is 0.290. The average Bonchev–Trinajstić information content (AvgIpc) is 2.72. The number of hydrogen-bond acceptors (Lipinski definition) is 5. The van der Waals surface area contributed by atoms with Crippen LogP contribution in [0.3, 0.4) is 0 Å². The van der Waals surface area contributed by atoms with Gasteiger partial charge in [0.1, 0.15) is 0 Å². The first-order chi connectivity index (χ1) is 8.45. The van der Waals surface area contributed by atoms with E-state index in [1.165, 1.54) is 11.1 Å². The molecule has 102 valence electrons. The minimum absolute atomic E-state index is 0.408. The van der Waals surface area contributed by atoms with Gasteiger partial charge in [0.15, 0.2) is 0 Å². The number of hydrogen-bond donors (Lipinski definition) is 1. The van der Waals surface area contributed by atoms with Gasteiger partial charge in [-0.25, -0.2) is 17.7 Å². The summed E-state index contributed by atoms with van der Waals surface area (Å²) in [4.78, 5) is 5.45. The van der Waals surface area contributed by atoms with Crippen LogP contribution in [0.4, 0.5) is 0 Å². The lowest BCUT2D eigenvalue weighted by Gasteiger charge is -2.30. The molecule has 1 fully saturated rings. The predicted molar refractivity (Wildman–Crippen MR) is 73.1 cm³/mol. The van der Waals surface area contributed by atoms with E-state index in [1.807, 2.05) is 13.1 Å². The highest BCUT2D eigenvalue weighted by molar-refractivity contribution is 7.88. The van der Waals surface area contributed by atoms with Crippen LogP contribution in [0.5, 0.6) is 0 Å². The van der Waals surface area contributed by atoms with Crippen molar-refractivity contribution >= 4 is 21.4 Å². The second-order valence-electron chi connectivity index (χ2n) is 4.66. The molecule has 0 aliphatic carbocycles. The average molecular weight is 289 g/mol. The normalized spacial score (nSPS) is 19.2. The van der Waals surface area contributed by atoms with E-state index >= 15 is 0 Å². The first-order valence-corrected chi connectivity index (χ1v) is 8.71. The van der Waals surface area contributed by atoms with Crippen molar-refractivity contribution in [3.8, 4) is 0 Å². The zero-order valence-corrected chi connectivity index (χ0v) is 12.4. The maximum Gasteiger partial charge on any atom is 0.211 e. The number of piperidine rings is 1. The fourth-order valence-electron chi connectivity index (χ4n) is 2.12. The lowest BCUT2D eigenvalue weighted by Crippen LogP contribution is -2.44. The Morgan fingerprint density at radius 1 is 1.50 bits per heavy atom. The zero-order valence-electron chi connectivity index (χ0n) is 10.7. The van der Waals surface area contributed by atoms with Gasteiger partial charge in [0.25, 0.3) is 0 Å². The van der Waals surface area contributed by atoms with Crippen LogP contribution in [0.2, 0.25) is 0 Å². The van der Waals surface area contributed by atoms with Gasteiger partial charge in [0, 0.05) is 36.8 Å². The van der Waals surface area contributed by atoms with E-state index in [0.717, 1.165) is 24.4 Å². The maximum absolute atomic E-state index is 11.4. The number of nitrogens with zero attached hydrogens (tertiary/aromatic N) is 2. The van der Waals surface area contributed by atoms with Crippen LogP contribution in [-0.4, -0.2) is 43.1 Å². The molecule has 0 spiro atoms. The first kappa shape index (κ1) is 13.9. The molecule has 0 aromatic carbocycles. The minimum atomic E-state index is -3.02. The summed E-state index contributed by atoms with van der Waals surface area (Å²) in [5.74, 6) is 0. The lowest BCUT2D eigenvalue weighted by atomic mass is 10.1. The monoisotopic (exact) mass is 289 g/mol. The van der Waals surface area contributed by atoms with Gasteiger partial charge < -0.3 is 5.32 Å². The van der Waals surface area contributed by atoms with Gasteiger partial charge in [0.2, 0.25) is 10.0 Å². The Morgan fingerprint density at radius 3 is 2.67 bits per heavy atom. The number of rotatable bonds is 4. The fraction of sp³-hybridized carbons (Fsp3) is 0.727. The van der Waals surface area contributed by atoms with Gasteiger partial charge in [-0.2, -0.15) is 0 Å². The Balaban J connectivity index is 1.77. The second-order valence-corrected chi connectivity index (χ2v) is 7.96. The van der Waals surface area contributed by atoms with Gasteiger partial charge in [0.05, 0.1) is 11.3 Å². The van der Waals surface area contributed by atoms with Crippen molar-refractivity contribution in [2.75, 3.05) is 19.3 Å². The third-order valence-electron chi connectivity index (χ3n) is 3.16. The summed E-state index contributed by atoms with van der Waals surface area (Å²) in [6, 6.07) is 0.408. The van der Waals surface area contributed by atoms with Gasteiger partial charge in [-0.15, -0.1) is 11.3 Å². The van der Waals surface area contributed by atoms with Crippen LogP contribution in [0.1, 0.15) is 22.7 Å². The van der Waals surface area contributed by atoms with Crippen molar-refractivity contribution in [1.82, 2.24) is 14.6 Å². The van der Waals surface area contributed by atoms with Crippen LogP contribution in [0.25, 0.3) is 0 Å². The third-order valence-corrected chi connectivity index (χ3v) is 5.37. The van der Waals surface area contributed by atoms with E-state index < -0.39 is 10.0 Å². The number of sulfonamides is 1. The standard InChI is InChI=1S/C11H19N3O2S2/c1-9-12-7-11(17-9)8-13-10-3-5-14(6-4-10)18(2,15)16/h7,10,13H,3-6,8H2,1-2H3. The van der Waals surface area contributed by atoms with E-state index in [-0.39, 0.29) is 0 Å². The Bertz CT molecular complexity index is 490. The number of thiazole rings is 1. The van der Waals surface area contributed by atoms with E-state index in [9.17, 15) is 8.42 Å². The van der Waals surface area contributed by atoms with Crippen molar-refractivity contribution in [3.63, 3.8) is 0 Å². The van der Waals surface area contributed by atoms with Crippen molar-refractivity contribution in [1.29, 1.82) is 0 Å². The highest BCUT2D eigenvalue weighted by atomic mass is 32.2. The number of nitrogens with one attached hydrogen (secondary N) is 1. The molecule has 0 atom stereocenters. The summed E-state index contributed by atoms with van der Waals surface area (Å²) in [5, 5.41) is 4.55. The molecular weight excluding hydrogens is 270 g/mol. The Kier molecular flexibility index (Phi) is 4.37. The fourth-order valence-corrected chi connectivity index (χ4v) is 3.74. The summed E-state index contributed by atoms with van der Waals surface area (Å²) in [7, 11) is -3.02. The minimum Gasteiger partial charge on any atom is -0.309 e. The molecule has 1 saturated heterocycles. The Labute approximate surface area is 112 Å². The molecule has 0 amide bonds. The highest BCUT2D eigenvalue weighted by Crippen LogP contribution is 2.15.